The second-order valence-corrected chi connectivity index (χ2v) is 22.5. The van der Waals surface area contributed by atoms with Crippen LogP contribution in [-0.2, 0) is 16.2 Å². The van der Waals surface area contributed by atoms with Crippen molar-refractivity contribution in [2.45, 2.75) is 78.6 Å². The highest BCUT2D eigenvalue weighted by atomic mass is 16.6. The zero-order chi connectivity index (χ0) is 48.0. The molecular formula is C64H57BN2O3. The first-order valence-corrected chi connectivity index (χ1v) is 24.9. The average molecular weight is 913 g/mol. The Hall–Kier alpha value is -7.44. The summed E-state index contributed by atoms with van der Waals surface area (Å²) in [4.78, 5) is 5.01. The second-order valence-electron chi connectivity index (χ2n) is 22.5. The average Bonchev–Trinajstić information content (AvgIpc) is 3.88. The van der Waals surface area contributed by atoms with Crippen molar-refractivity contribution < 1.29 is 13.9 Å². The number of fused-ring (bicyclic) bond motifs is 9. The van der Waals surface area contributed by atoms with Gasteiger partial charge in [-0.2, -0.15) is 0 Å². The minimum atomic E-state index is -0.140. The number of benzene rings is 8. The molecule has 1 aromatic heterocycles. The molecule has 8 aromatic carbocycles. The van der Waals surface area contributed by atoms with Gasteiger partial charge in [0.1, 0.15) is 24.6 Å². The lowest BCUT2D eigenvalue weighted by Crippen LogP contribution is -2.61. The molecule has 0 unspecified atom stereocenters. The van der Waals surface area contributed by atoms with Crippen LogP contribution in [0.25, 0.3) is 44.5 Å². The molecule has 0 bridgehead atoms. The topological polar surface area (TPSA) is 38.1 Å². The van der Waals surface area contributed by atoms with Crippen molar-refractivity contribution in [2.24, 2.45) is 0 Å². The van der Waals surface area contributed by atoms with Gasteiger partial charge in [0.05, 0.1) is 0 Å². The van der Waals surface area contributed by atoms with E-state index in [9.17, 15) is 0 Å². The Bertz CT molecular complexity index is 3610. The zero-order valence-corrected chi connectivity index (χ0v) is 41.6. The fourth-order valence-electron chi connectivity index (χ4n) is 11.9. The van der Waals surface area contributed by atoms with Crippen molar-refractivity contribution in [3.8, 4) is 45.1 Å². The summed E-state index contributed by atoms with van der Waals surface area (Å²) >= 11 is 0. The molecule has 344 valence electrons. The highest BCUT2D eigenvalue weighted by Crippen LogP contribution is 2.52. The predicted molar refractivity (Wildman–Crippen MR) is 292 cm³/mol. The molecule has 4 heterocycles. The van der Waals surface area contributed by atoms with Gasteiger partial charge in [-0.25, -0.2) is 0 Å². The van der Waals surface area contributed by atoms with E-state index in [4.69, 9.17) is 13.9 Å². The summed E-state index contributed by atoms with van der Waals surface area (Å²) in [6.07, 6.45) is 0. The van der Waals surface area contributed by atoms with Crippen LogP contribution in [-0.4, -0.2) is 19.9 Å². The molecule has 4 aliphatic rings. The minimum Gasteiger partial charge on any atom is -0.486 e. The van der Waals surface area contributed by atoms with Gasteiger partial charge in [0.15, 0.2) is 11.5 Å². The molecule has 3 aliphatic heterocycles. The third-order valence-corrected chi connectivity index (χ3v) is 15.5. The third-order valence-electron chi connectivity index (χ3n) is 15.5. The van der Waals surface area contributed by atoms with Gasteiger partial charge in [-0.1, -0.05) is 134 Å². The van der Waals surface area contributed by atoms with Crippen LogP contribution in [0.2, 0.25) is 0 Å². The molecule has 5 nitrogen and oxygen atoms in total. The van der Waals surface area contributed by atoms with Gasteiger partial charge in [-0.15, -0.1) is 0 Å². The molecule has 0 N–H and O–H groups in total. The first-order chi connectivity index (χ1) is 33.6. The highest BCUT2D eigenvalue weighted by molar-refractivity contribution is 7.00. The summed E-state index contributed by atoms with van der Waals surface area (Å²) in [7, 11) is 0. The first kappa shape index (κ1) is 42.7. The SMILES string of the molecule is Cc1cc2c3c(c1)N(c1ccc(C(C)(C)C)cc1)c1cc4c(cc1B3c1cc(C(C)(C)C)ccc1N2c1cc(-c2ccc3c(c2)C(C)(C)c2ccccc2-3)cc(-c2cc3ccccc3o2)c1)OCCO4. The Morgan fingerprint density at radius 2 is 1.14 bits per heavy atom. The standard InChI is InChI=1S/C64H57BN2O3/c1-38-28-55-61-56(29-38)67(46-31-41(30-42(32-46)58-34-40-14-10-13-17-57(40)70-58)39-18-24-48-47-15-11-12-16-49(47)64(8,9)50(48)33-39)53-25-21-44(63(5,6)7)35-51(53)65(61)52-36-59-60(69-27-26-68-59)37-54(52)66(55)45-22-19-43(20-23-45)62(2,3)4/h10-25,28-37H,26-27H2,1-9H3. The van der Waals surface area contributed by atoms with Gasteiger partial charge in [-0.05, 0) is 157 Å². The quantitative estimate of drug-likeness (QED) is 0.165. The van der Waals surface area contributed by atoms with Crippen molar-refractivity contribution in [1.29, 1.82) is 0 Å². The monoisotopic (exact) mass is 912 g/mol. The molecule has 0 saturated heterocycles. The van der Waals surface area contributed by atoms with Gasteiger partial charge in [0, 0.05) is 56.6 Å². The molecule has 70 heavy (non-hydrogen) atoms. The number of rotatable bonds is 4. The first-order valence-electron chi connectivity index (χ1n) is 24.9. The Balaban J connectivity index is 1.08. The van der Waals surface area contributed by atoms with E-state index >= 15 is 0 Å². The lowest BCUT2D eigenvalue weighted by atomic mass is 9.33. The van der Waals surface area contributed by atoms with Crippen molar-refractivity contribution in [1.82, 2.24) is 0 Å². The zero-order valence-electron chi connectivity index (χ0n) is 41.6. The maximum atomic E-state index is 6.74. The Morgan fingerprint density at radius 1 is 0.500 bits per heavy atom. The highest BCUT2D eigenvalue weighted by Gasteiger charge is 2.45. The van der Waals surface area contributed by atoms with E-state index in [1.54, 1.807) is 0 Å². The molecule has 1 aliphatic carbocycles. The number of para-hydroxylation sites is 1. The van der Waals surface area contributed by atoms with Gasteiger partial charge in [0.25, 0.3) is 6.71 Å². The van der Waals surface area contributed by atoms with Gasteiger partial charge in [-0.3, -0.25) is 0 Å². The summed E-state index contributed by atoms with van der Waals surface area (Å²) < 4.78 is 19.5. The molecule has 6 heteroatoms. The fraction of sp³-hybridized carbons (Fsp3) is 0.219. The van der Waals surface area contributed by atoms with Gasteiger partial charge in [0.2, 0.25) is 0 Å². The number of nitrogens with zero attached hydrogens (tertiary/aromatic N) is 2. The molecule has 0 fully saturated rings. The van der Waals surface area contributed by atoms with Crippen LogP contribution in [0, 0.1) is 6.92 Å². The summed E-state index contributed by atoms with van der Waals surface area (Å²) in [6, 6.07) is 59.2. The largest absolute Gasteiger partial charge is 0.486 e. The van der Waals surface area contributed by atoms with Gasteiger partial charge < -0.3 is 23.7 Å². The lowest BCUT2D eigenvalue weighted by molar-refractivity contribution is 0.172. The van der Waals surface area contributed by atoms with Crippen molar-refractivity contribution in [2.75, 3.05) is 23.0 Å². The number of ether oxygens (including phenoxy) is 2. The van der Waals surface area contributed by atoms with E-state index in [2.05, 4.69) is 224 Å². The Morgan fingerprint density at radius 3 is 1.89 bits per heavy atom. The van der Waals surface area contributed by atoms with Crippen LogP contribution >= 0.6 is 0 Å². The van der Waals surface area contributed by atoms with Gasteiger partial charge >= 0.3 is 0 Å². The van der Waals surface area contributed by atoms with E-state index < -0.39 is 0 Å². The molecule has 9 aromatic rings. The molecule has 13 rings (SSSR count). The Labute approximate surface area is 412 Å². The summed E-state index contributed by atoms with van der Waals surface area (Å²) in [5.41, 5.74) is 23.6. The summed E-state index contributed by atoms with van der Waals surface area (Å²) in [5, 5.41) is 1.08. The lowest BCUT2D eigenvalue weighted by Gasteiger charge is -2.45. The van der Waals surface area contributed by atoms with E-state index in [0.717, 1.165) is 67.8 Å². The molecule has 0 amide bonds. The van der Waals surface area contributed by atoms with E-state index in [-0.39, 0.29) is 23.0 Å². The number of hydrogen-bond acceptors (Lipinski definition) is 5. The normalized spacial score (nSPS) is 15.1. The summed E-state index contributed by atoms with van der Waals surface area (Å²) in [6.45, 7) is 21.7. The van der Waals surface area contributed by atoms with E-state index in [1.165, 1.54) is 66.6 Å². The van der Waals surface area contributed by atoms with Crippen LogP contribution < -0.4 is 35.7 Å². The molecular weight excluding hydrogens is 856 g/mol. The predicted octanol–water partition coefficient (Wildman–Crippen LogP) is 14.8. The van der Waals surface area contributed by atoms with Crippen LogP contribution in [0.3, 0.4) is 0 Å². The molecule has 0 atom stereocenters. The maximum Gasteiger partial charge on any atom is 0.252 e. The third kappa shape index (κ3) is 6.52. The van der Waals surface area contributed by atoms with E-state index in [1.807, 2.05) is 6.07 Å². The number of furan rings is 1. The summed E-state index contributed by atoms with van der Waals surface area (Å²) in [5.74, 6) is 2.42. The Kier molecular flexibility index (Phi) is 9.16. The number of anilines is 6. The van der Waals surface area contributed by atoms with Crippen molar-refractivity contribution in [3.05, 3.63) is 186 Å². The number of aryl methyl sites for hydroxylation is 1. The smallest absolute Gasteiger partial charge is 0.252 e. The molecule has 0 radical (unpaired) electrons. The van der Waals surface area contributed by atoms with Crippen LogP contribution in [0.15, 0.2) is 162 Å². The number of hydrogen-bond donors (Lipinski definition) is 0. The van der Waals surface area contributed by atoms with Crippen molar-refractivity contribution in [3.63, 3.8) is 0 Å². The van der Waals surface area contributed by atoms with Crippen LogP contribution in [0.4, 0.5) is 34.1 Å². The molecule has 0 saturated carbocycles. The fourth-order valence-corrected chi connectivity index (χ4v) is 11.9. The van der Waals surface area contributed by atoms with Crippen LogP contribution in [0.1, 0.15) is 83.2 Å². The van der Waals surface area contributed by atoms with Crippen LogP contribution in [0.5, 0.6) is 11.5 Å². The van der Waals surface area contributed by atoms with E-state index in [0.29, 0.717) is 13.2 Å². The minimum absolute atomic E-state index is 0.0158. The maximum absolute atomic E-state index is 6.74. The second kappa shape index (κ2) is 15.0. The molecule has 0 spiro atoms. The van der Waals surface area contributed by atoms with Crippen molar-refractivity contribution >= 4 is 68.2 Å².